The number of aryl methyl sites for hydroxylation is 2. The van der Waals surface area contributed by atoms with E-state index in [1.54, 1.807) is 36.4 Å². The van der Waals surface area contributed by atoms with Gasteiger partial charge < -0.3 is 5.73 Å². The summed E-state index contributed by atoms with van der Waals surface area (Å²) in [4.78, 5) is 0. The molecule has 21 heavy (non-hydrogen) atoms. The molecule has 0 saturated heterocycles. The van der Waals surface area contributed by atoms with E-state index in [0.717, 1.165) is 15.6 Å². The smallest absolute Gasteiger partial charge is 0.236 e. The second kappa shape index (κ2) is 6.07. The van der Waals surface area contributed by atoms with Gasteiger partial charge in [0.05, 0.1) is 5.75 Å². The number of para-hydroxylation sites is 1. The third-order valence-corrected chi connectivity index (χ3v) is 5.60. The van der Waals surface area contributed by atoms with Crippen molar-refractivity contribution in [3.8, 4) is 0 Å². The maximum atomic E-state index is 12.3. The molecule has 2 rings (SSSR count). The number of nitrogens with two attached hydrogens (primary N) is 1. The van der Waals surface area contributed by atoms with Crippen LogP contribution in [0, 0.1) is 13.8 Å². The van der Waals surface area contributed by atoms with Crippen LogP contribution in [-0.4, -0.2) is 8.42 Å². The summed E-state index contributed by atoms with van der Waals surface area (Å²) in [6.45, 7) is 3.84. The van der Waals surface area contributed by atoms with Crippen LogP contribution in [0.15, 0.2) is 40.9 Å². The van der Waals surface area contributed by atoms with E-state index < -0.39 is 10.0 Å². The van der Waals surface area contributed by atoms with Crippen molar-refractivity contribution >= 4 is 37.3 Å². The Morgan fingerprint density at radius 3 is 2.29 bits per heavy atom. The van der Waals surface area contributed by atoms with Gasteiger partial charge in [0.15, 0.2) is 0 Å². The lowest BCUT2D eigenvalue weighted by atomic mass is 10.1. The highest BCUT2D eigenvalue weighted by Gasteiger charge is 2.14. The number of hydrogen-bond donors (Lipinski definition) is 2. The minimum Gasteiger partial charge on any atom is -0.398 e. The average molecular weight is 369 g/mol. The summed E-state index contributed by atoms with van der Waals surface area (Å²) in [5.74, 6) is -0.145. The van der Waals surface area contributed by atoms with Gasteiger partial charge in [-0.05, 0) is 48.7 Å². The molecule has 2 aromatic rings. The van der Waals surface area contributed by atoms with Crippen molar-refractivity contribution in [1.82, 2.24) is 0 Å². The number of benzene rings is 2. The van der Waals surface area contributed by atoms with Gasteiger partial charge in [-0.2, -0.15) is 0 Å². The molecule has 0 aliphatic rings. The normalized spacial score (nSPS) is 11.4. The Labute approximate surface area is 133 Å². The van der Waals surface area contributed by atoms with Gasteiger partial charge in [0.1, 0.15) is 0 Å². The molecule has 3 N–H and O–H groups in total. The molecule has 4 nitrogen and oxygen atoms in total. The number of anilines is 2. The molecule has 0 atom stereocenters. The molecule has 0 heterocycles. The van der Waals surface area contributed by atoms with E-state index >= 15 is 0 Å². The van der Waals surface area contributed by atoms with Crippen LogP contribution in [0.4, 0.5) is 11.4 Å². The van der Waals surface area contributed by atoms with Gasteiger partial charge in [0.25, 0.3) is 0 Å². The summed E-state index contributed by atoms with van der Waals surface area (Å²) < 4.78 is 28.1. The average Bonchev–Trinajstić information content (AvgIpc) is 2.38. The van der Waals surface area contributed by atoms with E-state index in [-0.39, 0.29) is 5.75 Å². The van der Waals surface area contributed by atoms with Crippen molar-refractivity contribution in [1.29, 1.82) is 0 Å². The van der Waals surface area contributed by atoms with Gasteiger partial charge in [0.2, 0.25) is 10.0 Å². The lowest BCUT2D eigenvalue weighted by Crippen LogP contribution is -2.16. The summed E-state index contributed by atoms with van der Waals surface area (Å²) in [5, 5.41) is 0. The molecule has 0 aromatic heterocycles. The maximum Gasteiger partial charge on any atom is 0.236 e. The number of rotatable bonds is 4. The fraction of sp³-hybridized carbons (Fsp3) is 0.200. The zero-order chi connectivity index (χ0) is 15.6. The number of sulfonamides is 1. The Balaban J connectivity index is 2.24. The van der Waals surface area contributed by atoms with E-state index in [4.69, 9.17) is 5.73 Å². The third-order valence-electron chi connectivity index (χ3n) is 3.11. The monoisotopic (exact) mass is 368 g/mol. The largest absolute Gasteiger partial charge is 0.398 e. The predicted octanol–water partition coefficient (Wildman–Crippen LogP) is 3.59. The third kappa shape index (κ3) is 3.98. The molecule has 0 fully saturated rings. The SMILES string of the molecule is Cc1cc(NS(=O)(=O)Cc2ccccc2N)cc(C)c1Br. The van der Waals surface area contributed by atoms with Gasteiger partial charge in [-0.25, -0.2) is 8.42 Å². The second-order valence-corrected chi connectivity index (χ2v) is 7.50. The summed E-state index contributed by atoms with van der Waals surface area (Å²) in [6, 6.07) is 10.5. The fourth-order valence-corrected chi connectivity index (χ4v) is 3.54. The Hall–Kier alpha value is -1.53. The van der Waals surface area contributed by atoms with E-state index in [1.807, 2.05) is 13.8 Å². The van der Waals surface area contributed by atoms with Crippen molar-refractivity contribution < 1.29 is 8.42 Å². The highest BCUT2D eigenvalue weighted by atomic mass is 79.9. The first-order valence-electron chi connectivity index (χ1n) is 6.39. The minimum atomic E-state index is -3.50. The number of nitrogens with one attached hydrogen (secondary N) is 1. The Morgan fingerprint density at radius 2 is 1.71 bits per heavy atom. The van der Waals surface area contributed by atoms with Crippen LogP contribution in [0.2, 0.25) is 0 Å². The van der Waals surface area contributed by atoms with Gasteiger partial charge >= 0.3 is 0 Å². The Morgan fingerprint density at radius 1 is 1.14 bits per heavy atom. The predicted molar refractivity (Wildman–Crippen MR) is 90.7 cm³/mol. The van der Waals surface area contributed by atoms with E-state index in [9.17, 15) is 8.42 Å². The first-order chi connectivity index (χ1) is 9.78. The van der Waals surface area contributed by atoms with Gasteiger partial charge in [0, 0.05) is 15.8 Å². The topological polar surface area (TPSA) is 72.2 Å². The number of halogens is 1. The molecule has 0 amide bonds. The number of nitrogen functional groups attached to an aromatic ring is 1. The van der Waals surface area contributed by atoms with Crippen LogP contribution >= 0.6 is 15.9 Å². The molecule has 0 bridgehead atoms. The highest BCUT2D eigenvalue weighted by molar-refractivity contribution is 9.10. The molecular weight excluding hydrogens is 352 g/mol. The van der Waals surface area contributed by atoms with Crippen molar-refractivity contribution in [3.63, 3.8) is 0 Å². The summed E-state index contributed by atoms with van der Waals surface area (Å²) >= 11 is 3.46. The molecule has 6 heteroatoms. The first-order valence-corrected chi connectivity index (χ1v) is 8.83. The van der Waals surface area contributed by atoms with Crippen LogP contribution < -0.4 is 10.5 Å². The van der Waals surface area contributed by atoms with Crippen molar-refractivity contribution in [2.45, 2.75) is 19.6 Å². The lowest BCUT2D eigenvalue weighted by Gasteiger charge is -2.12. The molecule has 2 aromatic carbocycles. The van der Waals surface area contributed by atoms with Crippen LogP contribution in [0.3, 0.4) is 0 Å². The molecule has 0 radical (unpaired) electrons. The minimum absolute atomic E-state index is 0.145. The maximum absolute atomic E-state index is 12.3. The molecular formula is C15H17BrN2O2S. The Kier molecular flexibility index (Phi) is 4.58. The van der Waals surface area contributed by atoms with E-state index in [0.29, 0.717) is 16.9 Å². The summed E-state index contributed by atoms with van der Waals surface area (Å²) in [5.41, 5.74) is 9.38. The number of hydrogen-bond acceptors (Lipinski definition) is 3. The van der Waals surface area contributed by atoms with E-state index in [1.165, 1.54) is 0 Å². The van der Waals surface area contributed by atoms with Crippen LogP contribution in [-0.2, 0) is 15.8 Å². The van der Waals surface area contributed by atoms with Crippen molar-refractivity contribution in [2.75, 3.05) is 10.5 Å². The quantitative estimate of drug-likeness (QED) is 0.809. The molecule has 0 saturated carbocycles. The fourth-order valence-electron chi connectivity index (χ4n) is 2.09. The van der Waals surface area contributed by atoms with Crippen molar-refractivity contribution in [3.05, 3.63) is 57.6 Å². The Bertz CT molecular complexity index is 750. The first kappa shape index (κ1) is 15.9. The molecule has 0 aliphatic carbocycles. The van der Waals surface area contributed by atoms with Gasteiger partial charge in [-0.1, -0.05) is 34.1 Å². The van der Waals surface area contributed by atoms with Gasteiger partial charge in [-0.3, -0.25) is 4.72 Å². The zero-order valence-corrected chi connectivity index (χ0v) is 14.3. The highest BCUT2D eigenvalue weighted by Crippen LogP contribution is 2.26. The molecule has 112 valence electrons. The zero-order valence-electron chi connectivity index (χ0n) is 11.9. The summed E-state index contributed by atoms with van der Waals surface area (Å²) in [6.07, 6.45) is 0. The molecule has 0 spiro atoms. The van der Waals surface area contributed by atoms with E-state index in [2.05, 4.69) is 20.7 Å². The lowest BCUT2D eigenvalue weighted by molar-refractivity contribution is 0.600. The second-order valence-electron chi connectivity index (χ2n) is 4.98. The molecule has 0 unspecified atom stereocenters. The van der Waals surface area contributed by atoms with Crippen LogP contribution in [0.5, 0.6) is 0 Å². The summed E-state index contributed by atoms with van der Waals surface area (Å²) in [7, 11) is -3.50. The van der Waals surface area contributed by atoms with Crippen LogP contribution in [0.1, 0.15) is 16.7 Å². The molecule has 0 aliphatic heterocycles. The standard InChI is InChI=1S/C15H17BrN2O2S/c1-10-7-13(8-11(2)15(10)16)18-21(19,20)9-12-5-3-4-6-14(12)17/h3-8,18H,9,17H2,1-2H3. The van der Waals surface area contributed by atoms with Gasteiger partial charge in [-0.15, -0.1) is 0 Å². The van der Waals surface area contributed by atoms with Crippen molar-refractivity contribution in [2.24, 2.45) is 0 Å². The van der Waals surface area contributed by atoms with Crippen LogP contribution in [0.25, 0.3) is 0 Å².